The predicted octanol–water partition coefficient (Wildman–Crippen LogP) is 0.957. The fourth-order valence-corrected chi connectivity index (χ4v) is 3.30. The van der Waals surface area contributed by atoms with E-state index in [0.29, 0.717) is 5.02 Å². The van der Waals surface area contributed by atoms with Crippen LogP contribution >= 0.6 is 11.6 Å². The lowest BCUT2D eigenvalue weighted by atomic mass is 10.1. The molecule has 152 valence electrons. The Balaban J connectivity index is 1.62. The molecule has 29 heavy (non-hydrogen) atoms. The molecule has 0 spiro atoms. The zero-order chi connectivity index (χ0) is 20.5. The molecule has 4 atom stereocenters. The predicted molar refractivity (Wildman–Crippen MR) is 102 cm³/mol. The number of fused-ring (bicyclic) bond motifs is 1. The van der Waals surface area contributed by atoms with Gasteiger partial charge in [0.1, 0.15) is 23.8 Å². The van der Waals surface area contributed by atoms with Crippen LogP contribution in [-0.4, -0.2) is 59.8 Å². The van der Waals surface area contributed by atoms with Gasteiger partial charge in [-0.3, -0.25) is 4.57 Å². The number of ether oxygens (including phenoxy) is 1. The minimum Gasteiger partial charge on any atom is -0.394 e. The molecular weight excluding hydrogens is 402 g/mol. The third-order valence-electron chi connectivity index (χ3n) is 4.53. The number of halogens is 1. The third-order valence-corrected chi connectivity index (χ3v) is 4.77. The lowest BCUT2D eigenvalue weighted by molar-refractivity contribution is -0.0511. The summed E-state index contributed by atoms with van der Waals surface area (Å²) in [5.74, 6) is 0.0859. The van der Waals surface area contributed by atoms with Gasteiger partial charge >= 0.3 is 0 Å². The molecule has 0 radical (unpaired) electrons. The van der Waals surface area contributed by atoms with E-state index < -0.39 is 31.1 Å². The van der Waals surface area contributed by atoms with Crippen molar-refractivity contribution in [2.45, 2.75) is 31.1 Å². The second-order valence-electron chi connectivity index (χ2n) is 6.49. The summed E-state index contributed by atoms with van der Waals surface area (Å²) in [6.45, 7) is -0.169. The van der Waals surface area contributed by atoms with Crippen LogP contribution in [0.5, 0.6) is 0 Å². The number of azo groups is 1. The second-order valence-corrected chi connectivity index (χ2v) is 6.93. The van der Waals surface area contributed by atoms with Crippen LogP contribution < -0.4 is 5.73 Å². The molecule has 1 aliphatic heterocycles. The molecule has 0 bridgehead atoms. The summed E-state index contributed by atoms with van der Waals surface area (Å²) in [4.78, 5) is 12.5. The van der Waals surface area contributed by atoms with Gasteiger partial charge in [0.2, 0.25) is 0 Å². The van der Waals surface area contributed by atoms with Crippen molar-refractivity contribution in [3.63, 3.8) is 0 Å². The van der Waals surface area contributed by atoms with Gasteiger partial charge in [-0.2, -0.15) is 15.1 Å². The average Bonchev–Trinajstić information content (AvgIpc) is 3.24. The van der Waals surface area contributed by atoms with Crippen LogP contribution in [0.4, 0.5) is 11.8 Å². The number of rotatable bonds is 5. The first-order valence-corrected chi connectivity index (χ1v) is 9.10. The molecule has 11 nitrogen and oxygen atoms in total. The zero-order valence-electron chi connectivity index (χ0n) is 15.0. The standard InChI is InChI=1S/C17H18ClN7O4/c18-9-3-1-2-8(4-9)5-21-24-17-22-14(19)11-15(23-17)25(7-20-11)16-13(28)12(27)10(6-26)29-16/h1-4,7,10,12-13,16,26-28H,5-6H2,(H2,19,22,23)/t10-,12-,13-,16?/m1/s1. The van der Waals surface area contributed by atoms with E-state index in [2.05, 4.69) is 25.2 Å². The van der Waals surface area contributed by atoms with Crippen LogP contribution in [0.2, 0.25) is 5.02 Å². The summed E-state index contributed by atoms with van der Waals surface area (Å²) in [5, 5.41) is 38.2. The maximum Gasteiger partial charge on any atom is 0.272 e. The topological polar surface area (TPSA) is 164 Å². The monoisotopic (exact) mass is 419 g/mol. The molecule has 0 aliphatic carbocycles. The molecule has 0 saturated carbocycles. The Hall–Kier alpha value is -2.70. The second kappa shape index (κ2) is 7.97. The van der Waals surface area contributed by atoms with Crippen LogP contribution in [0.25, 0.3) is 11.2 Å². The van der Waals surface area contributed by atoms with Crippen LogP contribution in [0, 0.1) is 0 Å². The molecule has 1 aromatic carbocycles. The van der Waals surface area contributed by atoms with Gasteiger partial charge in [-0.25, -0.2) is 4.98 Å². The SMILES string of the molecule is Nc1nc(N=NCc2cccc(Cl)c2)nc2c1ncn2C1O[C@H](CO)[C@@H](O)[C@H]1O. The van der Waals surface area contributed by atoms with Gasteiger partial charge in [-0.1, -0.05) is 23.7 Å². The van der Waals surface area contributed by atoms with Crippen LogP contribution in [-0.2, 0) is 11.3 Å². The number of aliphatic hydroxyl groups excluding tert-OH is 3. The number of nitrogens with zero attached hydrogens (tertiary/aromatic N) is 6. The highest BCUT2D eigenvalue weighted by Gasteiger charge is 2.44. The van der Waals surface area contributed by atoms with E-state index in [1.54, 1.807) is 12.1 Å². The van der Waals surface area contributed by atoms with Crippen molar-refractivity contribution in [2.75, 3.05) is 12.3 Å². The fraction of sp³-hybridized carbons (Fsp3) is 0.353. The Morgan fingerprint density at radius 3 is 2.79 bits per heavy atom. The normalized spacial score (nSPS) is 24.7. The molecule has 1 unspecified atom stereocenters. The van der Waals surface area contributed by atoms with E-state index in [1.165, 1.54) is 10.9 Å². The molecule has 1 saturated heterocycles. The highest BCUT2D eigenvalue weighted by atomic mass is 35.5. The van der Waals surface area contributed by atoms with Crippen molar-refractivity contribution in [2.24, 2.45) is 10.2 Å². The summed E-state index contributed by atoms with van der Waals surface area (Å²) in [6.07, 6.45) is -3.10. The highest BCUT2D eigenvalue weighted by Crippen LogP contribution is 2.32. The number of nitrogen functional groups attached to an aromatic ring is 1. The molecular formula is C17H18ClN7O4. The molecule has 3 aromatic rings. The number of nitrogens with two attached hydrogens (primary N) is 1. The Bertz CT molecular complexity index is 1060. The minimum absolute atomic E-state index is 0.00511. The zero-order valence-corrected chi connectivity index (χ0v) is 15.8. The van der Waals surface area contributed by atoms with Gasteiger partial charge in [0.25, 0.3) is 5.95 Å². The number of hydrogen-bond donors (Lipinski definition) is 4. The number of benzene rings is 1. The van der Waals surface area contributed by atoms with E-state index in [0.717, 1.165) is 5.56 Å². The summed E-state index contributed by atoms with van der Waals surface area (Å²) in [5.41, 5.74) is 7.36. The average molecular weight is 420 g/mol. The van der Waals surface area contributed by atoms with Gasteiger partial charge in [0.15, 0.2) is 17.7 Å². The first-order valence-electron chi connectivity index (χ1n) is 8.72. The van der Waals surface area contributed by atoms with E-state index in [-0.39, 0.29) is 29.5 Å². The quantitative estimate of drug-likeness (QED) is 0.444. The third kappa shape index (κ3) is 3.78. The number of imidazole rings is 1. The number of aliphatic hydroxyl groups is 3. The maximum absolute atomic E-state index is 10.3. The molecule has 1 aliphatic rings. The van der Waals surface area contributed by atoms with E-state index in [4.69, 9.17) is 22.1 Å². The van der Waals surface area contributed by atoms with Gasteiger partial charge in [-0.15, -0.1) is 5.11 Å². The molecule has 2 aromatic heterocycles. The minimum atomic E-state index is -1.28. The van der Waals surface area contributed by atoms with E-state index in [9.17, 15) is 15.3 Å². The van der Waals surface area contributed by atoms with Gasteiger partial charge in [-0.05, 0) is 17.7 Å². The Morgan fingerprint density at radius 1 is 1.24 bits per heavy atom. The largest absolute Gasteiger partial charge is 0.394 e. The van der Waals surface area contributed by atoms with E-state index in [1.807, 2.05) is 12.1 Å². The molecule has 1 fully saturated rings. The summed E-state index contributed by atoms with van der Waals surface area (Å²) < 4.78 is 6.93. The van der Waals surface area contributed by atoms with Crippen molar-refractivity contribution < 1.29 is 20.1 Å². The highest BCUT2D eigenvalue weighted by molar-refractivity contribution is 6.30. The molecule has 3 heterocycles. The van der Waals surface area contributed by atoms with Crippen molar-refractivity contribution >= 4 is 34.5 Å². The summed E-state index contributed by atoms with van der Waals surface area (Å²) >= 11 is 5.95. The number of anilines is 1. The van der Waals surface area contributed by atoms with E-state index >= 15 is 0 Å². The fourth-order valence-electron chi connectivity index (χ4n) is 3.08. The van der Waals surface area contributed by atoms with Crippen LogP contribution in [0.1, 0.15) is 11.8 Å². The van der Waals surface area contributed by atoms with Gasteiger partial charge < -0.3 is 25.8 Å². The Labute approximate surface area is 169 Å². The Kier molecular flexibility index (Phi) is 5.39. The van der Waals surface area contributed by atoms with Crippen molar-refractivity contribution in [3.8, 4) is 0 Å². The van der Waals surface area contributed by atoms with Crippen molar-refractivity contribution in [1.82, 2.24) is 19.5 Å². The maximum atomic E-state index is 10.3. The first kappa shape index (κ1) is 19.6. The molecule has 12 heteroatoms. The van der Waals surface area contributed by atoms with Crippen molar-refractivity contribution in [1.29, 1.82) is 0 Å². The lowest BCUT2D eigenvalue weighted by Crippen LogP contribution is -2.33. The molecule has 4 rings (SSSR count). The first-order chi connectivity index (χ1) is 14.0. The van der Waals surface area contributed by atoms with Gasteiger partial charge in [0, 0.05) is 5.02 Å². The van der Waals surface area contributed by atoms with Crippen LogP contribution in [0.3, 0.4) is 0 Å². The number of aromatic nitrogens is 4. The Morgan fingerprint density at radius 2 is 2.07 bits per heavy atom. The summed E-state index contributed by atoms with van der Waals surface area (Å²) in [7, 11) is 0. The number of hydrogen-bond acceptors (Lipinski definition) is 10. The van der Waals surface area contributed by atoms with Crippen molar-refractivity contribution in [3.05, 3.63) is 41.2 Å². The molecule has 0 amide bonds. The van der Waals surface area contributed by atoms with Crippen LogP contribution in [0.15, 0.2) is 40.8 Å². The smallest absolute Gasteiger partial charge is 0.272 e. The summed E-state index contributed by atoms with van der Waals surface area (Å²) in [6, 6.07) is 7.21. The van der Waals surface area contributed by atoms with Gasteiger partial charge in [0.05, 0.1) is 19.5 Å². The molecule has 5 N–H and O–H groups in total. The lowest BCUT2D eigenvalue weighted by Gasteiger charge is -2.16.